The summed E-state index contributed by atoms with van der Waals surface area (Å²) in [6.45, 7) is 5.15. The Labute approximate surface area is 87.3 Å². The average Bonchev–Trinajstić information content (AvgIpc) is 2.67. The van der Waals surface area contributed by atoms with Gasteiger partial charge in [0.2, 0.25) is 0 Å². The molecule has 2 fully saturated rings. The van der Waals surface area contributed by atoms with Gasteiger partial charge < -0.3 is 5.11 Å². The van der Waals surface area contributed by atoms with Crippen LogP contribution in [0.25, 0.3) is 0 Å². The van der Waals surface area contributed by atoms with Crippen LogP contribution in [0.4, 0.5) is 0 Å². The summed E-state index contributed by atoms with van der Waals surface area (Å²) in [5.41, 5.74) is 0.460. The molecule has 14 heavy (non-hydrogen) atoms. The maximum atomic E-state index is 9.14. The standard InChI is InChI=1S/C12H23NO/c1-12(6-3-2-4-7-12)13-8-5-11(9-13)10-14/h11,14H,2-10H2,1H3. The van der Waals surface area contributed by atoms with Crippen molar-refractivity contribution in [2.75, 3.05) is 19.7 Å². The Kier molecular flexibility index (Phi) is 3.13. The first-order chi connectivity index (χ1) is 6.74. The first-order valence-corrected chi connectivity index (χ1v) is 6.10. The smallest absolute Gasteiger partial charge is 0.0471 e. The lowest BCUT2D eigenvalue weighted by Crippen LogP contribution is -2.46. The van der Waals surface area contributed by atoms with Crippen molar-refractivity contribution in [3.63, 3.8) is 0 Å². The van der Waals surface area contributed by atoms with Gasteiger partial charge in [-0.3, -0.25) is 4.90 Å². The van der Waals surface area contributed by atoms with Crippen molar-refractivity contribution < 1.29 is 5.11 Å². The molecule has 2 nitrogen and oxygen atoms in total. The first-order valence-electron chi connectivity index (χ1n) is 6.10. The van der Waals surface area contributed by atoms with E-state index in [1.54, 1.807) is 0 Å². The van der Waals surface area contributed by atoms with Gasteiger partial charge in [-0.2, -0.15) is 0 Å². The fourth-order valence-electron chi connectivity index (χ4n) is 3.10. The van der Waals surface area contributed by atoms with Crippen LogP contribution < -0.4 is 0 Å². The second-order valence-electron chi connectivity index (χ2n) is 5.34. The molecule has 1 heterocycles. The van der Waals surface area contributed by atoms with Crippen LogP contribution in [-0.4, -0.2) is 35.2 Å². The molecule has 0 spiro atoms. The van der Waals surface area contributed by atoms with E-state index in [1.165, 1.54) is 45.1 Å². The minimum absolute atomic E-state index is 0.382. The zero-order valence-electron chi connectivity index (χ0n) is 9.34. The van der Waals surface area contributed by atoms with E-state index in [0.29, 0.717) is 18.1 Å². The van der Waals surface area contributed by atoms with E-state index >= 15 is 0 Å². The van der Waals surface area contributed by atoms with Gasteiger partial charge in [-0.15, -0.1) is 0 Å². The third-order valence-corrected chi connectivity index (χ3v) is 4.24. The van der Waals surface area contributed by atoms with Crippen LogP contribution in [-0.2, 0) is 0 Å². The second kappa shape index (κ2) is 4.19. The molecule has 0 bridgehead atoms. The van der Waals surface area contributed by atoms with Crippen LogP contribution in [0.5, 0.6) is 0 Å². The van der Waals surface area contributed by atoms with Crippen LogP contribution in [0.1, 0.15) is 45.4 Å². The lowest BCUT2D eigenvalue weighted by molar-refractivity contribution is 0.0827. The van der Waals surface area contributed by atoms with Crippen molar-refractivity contribution in [2.24, 2.45) is 5.92 Å². The minimum atomic E-state index is 0.382. The summed E-state index contributed by atoms with van der Waals surface area (Å²) in [7, 11) is 0. The van der Waals surface area contributed by atoms with Crippen molar-refractivity contribution in [3.05, 3.63) is 0 Å². The number of hydrogen-bond donors (Lipinski definition) is 1. The molecule has 2 heteroatoms. The molecule has 1 atom stereocenters. The van der Waals surface area contributed by atoms with Crippen molar-refractivity contribution in [1.82, 2.24) is 4.90 Å². The molecule has 0 amide bonds. The van der Waals surface area contributed by atoms with E-state index in [-0.39, 0.29) is 0 Å². The molecule has 2 rings (SSSR count). The maximum Gasteiger partial charge on any atom is 0.0471 e. The van der Waals surface area contributed by atoms with Crippen LogP contribution in [0.3, 0.4) is 0 Å². The van der Waals surface area contributed by atoms with Crippen molar-refractivity contribution >= 4 is 0 Å². The highest BCUT2D eigenvalue weighted by atomic mass is 16.3. The van der Waals surface area contributed by atoms with Gasteiger partial charge in [0.1, 0.15) is 0 Å². The zero-order valence-corrected chi connectivity index (χ0v) is 9.34. The fraction of sp³-hybridized carbons (Fsp3) is 1.00. The van der Waals surface area contributed by atoms with Crippen molar-refractivity contribution in [2.45, 2.75) is 51.0 Å². The number of likely N-dealkylation sites (tertiary alicyclic amines) is 1. The third kappa shape index (κ3) is 1.96. The highest BCUT2D eigenvalue weighted by Crippen LogP contribution is 2.36. The summed E-state index contributed by atoms with van der Waals surface area (Å²) in [6.07, 6.45) is 8.16. The molecule has 1 unspecified atom stereocenters. The molecule has 1 aliphatic carbocycles. The predicted molar refractivity (Wildman–Crippen MR) is 58.3 cm³/mol. The summed E-state index contributed by atoms with van der Waals surface area (Å²) in [6, 6.07) is 0. The van der Waals surface area contributed by atoms with Crippen LogP contribution in [0.2, 0.25) is 0 Å². The summed E-state index contributed by atoms with van der Waals surface area (Å²) in [5.74, 6) is 0.550. The number of aliphatic hydroxyl groups excluding tert-OH is 1. The molecule has 82 valence electrons. The topological polar surface area (TPSA) is 23.5 Å². The average molecular weight is 197 g/mol. The molecule has 0 aromatic rings. The summed E-state index contributed by atoms with van der Waals surface area (Å²) in [4.78, 5) is 2.63. The van der Waals surface area contributed by atoms with E-state index in [4.69, 9.17) is 5.11 Å². The van der Waals surface area contributed by atoms with Crippen molar-refractivity contribution in [3.8, 4) is 0 Å². The van der Waals surface area contributed by atoms with Gasteiger partial charge in [0.25, 0.3) is 0 Å². The molecule has 1 saturated heterocycles. The number of aliphatic hydroxyl groups is 1. The fourth-order valence-corrected chi connectivity index (χ4v) is 3.10. The van der Waals surface area contributed by atoms with E-state index in [2.05, 4.69) is 11.8 Å². The molecule has 1 aliphatic heterocycles. The maximum absolute atomic E-state index is 9.14. The van der Waals surface area contributed by atoms with E-state index in [9.17, 15) is 0 Å². The molecule has 0 aromatic carbocycles. The van der Waals surface area contributed by atoms with Gasteiger partial charge in [0.05, 0.1) is 0 Å². The van der Waals surface area contributed by atoms with Gasteiger partial charge >= 0.3 is 0 Å². The number of hydrogen-bond acceptors (Lipinski definition) is 2. The quantitative estimate of drug-likeness (QED) is 0.732. The highest BCUT2D eigenvalue weighted by molar-refractivity contribution is 4.92. The van der Waals surface area contributed by atoms with E-state index in [1.807, 2.05) is 0 Å². The van der Waals surface area contributed by atoms with Gasteiger partial charge in [-0.25, -0.2) is 0 Å². The lowest BCUT2D eigenvalue weighted by atomic mass is 9.82. The second-order valence-corrected chi connectivity index (χ2v) is 5.34. The minimum Gasteiger partial charge on any atom is -0.396 e. The Hall–Kier alpha value is -0.0800. The molecular weight excluding hydrogens is 174 g/mol. The molecule has 1 N–H and O–H groups in total. The molecule has 0 aromatic heterocycles. The zero-order chi connectivity index (χ0) is 10.0. The van der Waals surface area contributed by atoms with Gasteiger partial charge in [-0.05, 0) is 38.6 Å². The number of rotatable bonds is 2. The Morgan fingerprint density at radius 3 is 2.57 bits per heavy atom. The molecule has 0 radical (unpaired) electrons. The first kappa shape index (κ1) is 10.4. The van der Waals surface area contributed by atoms with E-state index < -0.39 is 0 Å². The predicted octanol–water partition coefficient (Wildman–Crippen LogP) is 2.02. The Morgan fingerprint density at radius 2 is 2.00 bits per heavy atom. The summed E-state index contributed by atoms with van der Waals surface area (Å²) >= 11 is 0. The van der Waals surface area contributed by atoms with Crippen LogP contribution in [0, 0.1) is 5.92 Å². The Bertz CT molecular complexity index is 187. The molecular formula is C12H23NO. The summed E-state index contributed by atoms with van der Waals surface area (Å²) in [5, 5.41) is 9.14. The lowest BCUT2D eigenvalue weighted by Gasteiger charge is -2.42. The largest absolute Gasteiger partial charge is 0.396 e. The van der Waals surface area contributed by atoms with Gasteiger partial charge in [0, 0.05) is 18.7 Å². The molecule has 2 aliphatic rings. The van der Waals surface area contributed by atoms with Crippen molar-refractivity contribution in [1.29, 1.82) is 0 Å². The monoisotopic (exact) mass is 197 g/mol. The SMILES string of the molecule is CC1(N2CCC(CO)C2)CCCCC1. The van der Waals surface area contributed by atoms with Crippen LogP contribution >= 0.6 is 0 Å². The molecule has 1 saturated carbocycles. The number of nitrogens with zero attached hydrogens (tertiary/aromatic N) is 1. The normalized spacial score (nSPS) is 33.4. The third-order valence-electron chi connectivity index (χ3n) is 4.24. The van der Waals surface area contributed by atoms with Gasteiger partial charge in [0.15, 0.2) is 0 Å². The summed E-state index contributed by atoms with van der Waals surface area (Å²) < 4.78 is 0. The van der Waals surface area contributed by atoms with E-state index in [0.717, 1.165) is 6.54 Å². The van der Waals surface area contributed by atoms with Gasteiger partial charge in [-0.1, -0.05) is 19.3 Å². The Morgan fingerprint density at radius 1 is 1.29 bits per heavy atom. The van der Waals surface area contributed by atoms with Crippen LogP contribution in [0.15, 0.2) is 0 Å². The highest BCUT2D eigenvalue weighted by Gasteiger charge is 2.37. The Balaban J connectivity index is 1.93.